The Morgan fingerprint density at radius 1 is 1.29 bits per heavy atom. The Hall–Kier alpha value is -1.78. The summed E-state index contributed by atoms with van der Waals surface area (Å²) in [4.78, 5) is 14.3. The van der Waals surface area contributed by atoms with E-state index in [2.05, 4.69) is 6.07 Å². The molecule has 5 nitrogen and oxygen atoms in total. The van der Waals surface area contributed by atoms with Crippen molar-refractivity contribution in [2.45, 2.75) is 0 Å². The second kappa shape index (κ2) is 6.99. The average molecular weight is 382 g/mol. The summed E-state index contributed by atoms with van der Waals surface area (Å²) in [5, 5.41) is 11.2. The van der Waals surface area contributed by atoms with Gasteiger partial charge in [-0.2, -0.15) is 5.26 Å². The molecular formula is C16H13Cl2N3O2S. The SMILES string of the molecule is N#Cc1c(N2CCOCC2)sc(C(N)=O)c1-c1ccc(Cl)c(Cl)c1. The molecule has 0 bridgehead atoms. The predicted octanol–water partition coefficient (Wildman–Crippen LogP) is 3.53. The van der Waals surface area contributed by atoms with Crippen LogP contribution in [0.3, 0.4) is 0 Å². The number of morpholine rings is 1. The summed E-state index contributed by atoms with van der Waals surface area (Å²) < 4.78 is 5.35. The number of carbonyl (C=O) groups is 1. The Balaban J connectivity index is 2.19. The minimum Gasteiger partial charge on any atom is -0.378 e. The number of carbonyl (C=O) groups excluding carboxylic acids is 1. The smallest absolute Gasteiger partial charge is 0.259 e. The first-order chi connectivity index (χ1) is 11.5. The fourth-order valence-corrected chi connectivity index (χ4v) is 4.09. The zero-order valence-corrected chi connectivity index (χ0v) is 14.8. The lowest BCUT2D eigenvalue weighted by molar-refractivity contribution is 0.100. The molecule has 0 saturated carbocycles. The number of hydrogen-bond donors (Lipinski definition) is 1. The highest BCUT2D eigenvalue weighted by Gasteiger charge is 2.27. The highest BCUT2D eigenvalue weighted by molar-refractivity contribution is 7.18. The summed E-state index contributed by atoms with van der Waals surface area (Å²) in [5.41, 5.74) is 7.12. The third kappa shape index (κ3) is 3.08. The van der Waals surface area contributed by atoms with Crippen LogP contribution in [0.2, 0.25) is 10.0 Å². The minimum absolute atomic E-state index is 0.339. The number of nitrogens with zero attached hydrogens (tertiary/aromatic N) is 2. The van der Waals surface area contributed by atoms with E-state index >= 15 is 0 Å². The van der Waals surface area contributed by atoms with Crippen LogP contribution < -0.4 is 10.6 Å². The lowest BCUT2D eigenvalue weighted by Gasteiger charge is -2.27. The molecule has 1 aromatic carbocycles. The van der Waals surface area contributed by atoms with Gasteiger partial charge in [0.15, 0.2) is 0 Å². The van der Waals surface area contributed by atoms with Gasteiger partial charge in [0, 0.05) is 18.7 Å². The Kier molecular flexibility index (Phi) is 4.97. The molecule has 2 N–H and O–H groups in total. The fraction of sp³-hybridized carbons (Fsp3) is 0.250. The van der Waals surface area contributed by atoms with Crippen LogP contribution in [0.15, 0.2) is 18.2 Å². The van der Waals surface area contributed by atoms with Gasteiger partial charge in [0.2, 0.25) is 0 Å². The van der Waals surface area contributed by atoms with E-state index in [0.717, 1.165) is 5.00 Å². The Labute approximate surface area is 153 Å². The summed E-state index contributed by atoms with van der Waals surface area (Å²) in [7, 11) is 0. The molecular weight excluding hydrogens is 369 g/mol. The first kappa shape index (κ1) is 17.1. The molecule has 1 fully saturated rings. The molecule has 1 aliphatic rings. The summed E-state index contributed by atoms with van der Waals surface area (Å²) in [5.74, 6) is -0.572. The average Bonchev–Trinajstić information content (AvgIpc) is 2.98. The first-order valence-corrected chi connectivity index (χ1v) is 8.75. The number of anilines is 1. The van der Waals surface area contributed by atoms with Gasteiger partial charge in [0.05, 0.1) is 28.8 Å². The van der Waals surface area contributed by atoms with E-state index in [0.29, 0.717) is 57.9 Å². The second-order valence-electron chi connectivity index (χ2n) is 5.19. The lowest BCUT2D eigenvalue weighted by Crippen LogP contribution is -2.36. The van der Waals surface area contributed by atoms with Crippen molar-refractivity contribution in [3.05, 3.63) is 38.7 Å². The van der Waals surface area contributed by atoms with Crippen LogP contribution in [0.5, 0.6) is 0 Å². The van der Waals surface area contributed by atoms with Crippen LogP contribution in [0.4, 0.5) is 5.00 Å². The second-order valence-corrected chi connectivity index (χ2v) is 7.00. The molecule has 1 aliphatic heterocycles. The van der Waals surface area contributed by atoms with Gasteiger partial charge in [-0.1, -0.05) is 29.3 Å². The number of halogens is 2. The molecule has 0 unspecified atom stereocenters. The monoisotopic (exact) mass is 381 g/mol. The minimum atomic E-state index is -0.572. The van der Waals surface area contributed by atoms with Gasteiger partial charge in [-0.05, 0) is 17.7 Å². The molecule has 124 valence electrons. The van der Waals surface area contributed by atoms with E-state index in [-0.39, 0.29) is 0 Å². The van der Waals surface area contributed by atoms with Gasteiger partial charge in [-0.15, -0.1) is 11.3 Å². The van der Waals surface area contributed by atoms with Crippen LogP contribution in [-0.4, -0.2) is 32.2 Å². The van der Waals surface area contributed by atoms with Crippen molar-refractivity contribution >= 4 is 45.4 Å². The van der Waals surface area contributed by atoms with Gasteiger partial charge >= 0.3 is 0 Å². The zero-order valence-electron chi connectivity index (χ0n) is 12.5. The summed E-state index contributed by atoms with van der Waals surface area (Å²) in [6.07, 6.45) is 0. The van der Waals surface area contributed by atoms with E-state index < -0.39 is 5.91 Å². The zero-order chi connectivity index (χ0) is 17.3. The first-order valence-electron chi connectivity index (χ1n) is 7.17. The van der Waals surface area contributed by atoms with Gasteiger partial charge < -0.3 is 15.4 Å². The topological polar surface area (TPSA) is 79.3 Å². The lowest BCUT2D eigenvalue weighted by atomic mass is 10.0. The summed E-state index contributed by atoms with van der Waals surface area (Å²) in [6, 6.07) is 7.22. The third-order valence-electron chi connectivity index (χ3n) is 3.73. The summed E-state index contributed by atoms with van der Waals surface area (Å²) in [6.45, 7) is 2.48. The Morgan fingerprint density at radius 2 is 2.00 bits per heavy atom. The summed E-state index contributed by atoms with van der Waals surface area (Å²) >= 11 is 13.3. The van der Waals surface area contributed by atoms with E-state index in [1.54, 1.807) is 18.2 Å². The molecule has 0 spiro atoms. The maximum Gasteiger partial charge on any atom is 0.259 e. The van der Waals surface area contributed by atoms with Crippen LogP contribution in [0, 0.1) is 11.3 Å². The van der Waals surface area contributed by atoms with E-state index in [1.807, 2.05) is 4.90 Å². The number of thiophene rings is 1. The largest absolute Gasteiger partial charge is 0.378 e. The quantitative estimate of drug-likeness (QED) is 0.881. The normalized spacial score (nSPS) is 14.5. The van der Waals surface area contributed by atoms with Crippen molar-refractivity contribution in [3.63, 3.8) is 0 Å². The molecule has 2 heterocycles. The number of nitrogens with two attached hydrogens (primary N) is 1. The molecule has 3 rings (SSSR count). The van der Waals surface area contributed by atoms with Crippen molar-refractivity contribution in [1.29, 1.82) is 5.26 Å². The number of rotatable bonds is 3. The number of primary amides is 1. The maximum absolute atomic E-state index is 11.9. The molecule has 8 heteroatoms. The van der Waals surface area contributed by atoms with Crippen LogP contribution >= 0.6 is 34.5 Å². The maximum atomic E-state index is 11.9. The van der Waals surface area contributed by atoms with Gasteiger partial charge in [-0.25, -0.2) is 0 Å². The molecule has 0 aliphatic carbocycles. The van der Waals surface area contributed by atoms with Gasteiger partial charge in [0.25, 0.3) is 5.91 Å². The molecule has 1 aromatic heterocycles. The number of ether oxygens (including phenoxy) is 1. The Morgan fingerprint density at radius 3 is 2.58 bits per heavy atom. The molecule has 2 aromatic rings. The molecule has 0 radical (unpaired) electrons. The molecule has 24 heavy (non-hydrogen) atoms. The van der Waals surface area contributed by atoms with Crippen molar-refractivity contribution < 1.29 is 9.53 Å². The molecule has 0 atom stereocenters. The van der Waals surface area contributed by atoms with Crippen LogP contribution in [0.25, 0.3) is 11.1 Å². The van der Waals surface area contributed by atoms with Crippen molar-refractivity contribution in [1.82, 2.24) is 0 Å². The van der Waals surface area contributed by atoms with E-state index in [4.69, 9.17) is 33.7 Å². The highest BCUT2D eigenvalue weighted by atomic mass is 35.5. The number of nitriles is 1. The molecule has 1 saturated heterocycles. The highest BCUT2D eigenvalue weighted by Crippen LogP contribution is 2.43. The predicted molar refractivity (Wildman–Crippen MR) is 96.0 cm³/mol. The van der Waals surface area contributed by atoms with Crippen LogP contribution in [0.1, 0.15) is 15.2 Å². The fourth-order valence-electron chi connectivity index (χ4n) is 2.61. The van der Waals surface area contributed by atoms with Gasteiger partial charge in [0.1, 0.15) is 15.9 Å². The number of hydrogen-bond acceptors (Lipinski definition) is 5. The van der Waals surface area contributed by atoms with Crippen molar-refractivity contribution in [2.75, 3.05) is 31.2 Å². The molecule has 1 amide bonds. The van der Waals surface area contributed by atoms with Crippen molar-refractivity contribution in [3.8, 4) is 17.2 Å². The Bertz CT molecular complexity index is 839. The van der Waals surface area contributed by atoms with Crippen molar-refractivity contribution in [2.24, 2.45) is 5.73 Å². The number of amides is 1. The van der Waals surface area contributed by atoms with E-state index in [1.165, 1.54) is 11.3 Å². The third-order valence-corrected chi connectivity index (χ3v) is 5.74. The number of benzene rings is 1. The van der Waals surface area contributed by atoms with Crippen LogP contribution in [-0.2, 0) is 4.74 Å². The van der Waals surface area contributed by atoms with E-state index in [9.17, 15) is 10.1 Å². The van der Waals surface area contributed by atoms with Gasteiger partial charge in [-0.3, -0.25) is 4.79 Å². The standard InChI is InChI=1S/C16H13Cl2N3O2S/c17-11-2-1-9(7-12(11)18)13-10(8-19)16(24-14(13)15(20)22)21-3-5-23-6-4-21/h1-2,7H,3-6H2,(H2,20,22).